The monoisotopic (exact) mass is 523 g/mol. The summed E-state index contributed by atoms with van der Waals surface area (Å²) in [6.45, 7) is 0.801. The summed E-state index contributed by atoms with van der Waals surface area (Å²) in [6.07, 6.45) is -1.43. The second kappa shape index (κ2) is 10.6. The molecule has 7 N–H and O–H groups in total. The van der Waals surface area contributed by atoms with Crippen molar-refractivity contribution in [1.82, 2.24) is 4.90 Å². The smallest absolute Gasteiger partial charge is 0.360 e. The van der Waals surface area contributed by atoms with E-state index in [1.54, 1.807) is 0 Å². The summed E-state index contributed by atoms with van der Waals surface area (Å²) in [5.41, 5.74) is 8.47. The van der Waals surface area contributed by atoms with Crippen molar-refractivity contribution in [3.05, 3.63) is 65.7 Å². The standard InChI is InChI=1S/C25H25N5O8/c1-13(31)25(24(37)38,29(16-5-3-2-4-6-16)23(36)18(26)12-20(33)34)30-19(32)11-17(22(30)35)14-7-9-15(10-8-14)21(27)28/h2-10,17-18H,11-12,26H2,1H3,(H3,27,28)(H,33,34)(H,37,38)/t17?,18-,25+/m0/s1. The molecule has 0 aromatic heterocycles. The third-order valence-corrected chi connectivity index (χ3v) is 6.15. The number of ketones is 1. The molecule has 0 spiro atoms. The van der Waals surface area contributed by atoms with Crippen LogP contribution in [0, 0.1) is 5.41 Å². The molecule has 0 saturated carbocycles. The second-order valence-corrected chi connectivity index (χ2v) is 8.61. The predicted molar refractivity (Wildman–Crippen MR) is 132 cm³/mol. The number of benzene rings is 2. The normalized spacial score (nSPS) is 17.4. The number of hydrogen-bond donors (Lipinski definition) is 5. The van der Waals surface area contributed by atoms with E-state index in [9.17, 15) is 33.9 Å². The molecule has 1 unspecified atom stereocenters. The average molecular weight is 524 g/mol. The lowest BCUT2D eigenvalue weighted by molar-refractivity contribution is -0.168. The fraction of sp³-hybridized carbons (Fsp3) is 0.240. The molecule has 1 saturated heterocycles. The molecule has 13 nitrogen and oxygen atoms in total. The lowest BCUT2D eigenvalue weighted by Crippen LogP contribution is -2.74. The quantitative estimate of drug-likeness (QED) is 0.121. The first-order chi connectivity index (χ1) is 17.8. The van der Waals surface area contributed by atoms with E-state index in [1.165, 1.54) is 54.6 Å². The van der Waals surface area contributed by atoms with Crippen molar-refractivity contribution in [2.75, 3.05) is 4.90 Å². The third-order valence-electron chi connectivity index (χ3n) is 6.15. The number of amidine groups is 1. The summed E-state index contributed by atoms with van der Waals surface area (Å²) in [5, 5.41) is 27.1. The highest BCUT2D eigenvalue weighted by atomic mass is 16.4. The zero-order chi connectivity index (χ0) is 28.4. The summed E-state index contributed by atoms with van der Waals surface area (Å²) in [5.74, 6) is -9.60. The van der Waals surface area contributed by atoms with Gasteiger partial charge in [0, 0.05) is 17.7 Å². The number of likely N-dealkylation sites (tertiary alicyclic amines) is 1. The topological polar surface area (TPSA) is 225 Å². The van der Waals surface area contributed by atoms with Crippen LogP contribution < -0.4 is 16.4 Å². The lowest BCUT2D eigenvalue weighted by atomic mass is 9.95. The van der Waals surface area contributed by atoms with Gasteiger partial charge in [0.1, 0.15) is 5.84 Å². The number of carbonyl (C=O) groups excluding carboxylic acids is 4. The van der Waals surface area contributed by atoms with E-state index < -0.39 is 65.9 Å². The molecule has 2 aromatic carbocycles. The Hall–Kier alpha value is -4.91. The molecule has 1 heterocycles. The molecule has 38 heavy (non-hydrogen) atoms. The van der Waals surface area contributed by atoms with Crippen molar-refractivity contribution in [2.45, 2.75) is 37.4 Å². The van der Waals surface area contributed by atoms with Crippen LogP contribution in [0.2, 0.25) is 0 Å². The number of rotatable bonds is 10. The maximum absolute atomic E-state index is 13.7. The van der Waals surface area contributed by atoms with Gasteiger partial charge in [-0.15, -0.1) is 0 Å². The number of carbonyl (C=O) groups is 6. The largest absolute Gasteiger partial charge is 0.481 e. The molecule has 0 bridgehead atoms. The second-order valence-electron chi connectivity index (χ2n) is 8.61. The van der Waals surface area contributed by atoms with E-state index in [0.717, 1.165) is 6.92 Å². The van der Waals surface area contributed by atoms with Crippen molar-refractivity contribution in [2.24, 2.45) is 11.5 Å². The van der Waals surface area contributed by atoms with E-state index in [0.29, 0.717) is 16.0 Å². The number of nitrogens with one attached hydrogen (secondary N) is 1. The first kappa shape index (κ1) is 27.7. The number of aliphatic carboxylic acids is 2. The van der Waals surface area contributed by atoms with Crippen LogP contribution in [0.25, 0.3) is 0 Å². The Kier molecular flexibility index (Phi) is 7.72. The fourth-order valence-corrected chi connectivity index (χ4v) is 4.38. The Morgan fingerprint density at radius 3 is 2.13 bits per heavy atom. The minimum absolute atomic E-state index is 0.203. The molecule has 1 fully saturated rings. The number of amides is 3. The number of para-hydroxylation sites is 1. The predicted octanol–water partition coefficient (Wildman–Crippen LogP) is 0.0183. The Morgan fingerprint density at radius 2 is 1.66 bits per heavy atom. The SMILES string of the molecule is CC(=O)[C@](C(=O)O)(N1C(=O)CC(c2ccc(C(=N)N)cc2)C1=O)N(C(=O)[C@@H](N)CC(=O)O)c1ccccc1. The number of carboxylic acids is 2. The van der Waals surface area contributed by atoms with Gasteiger partial charge in [0.15, 0.2) is 5.78 Å². The van der Waals surface area contributed by atoms with E-state index in [1.807, 2.05) is 0 Å². The van der Waals surface area contributed by atoms with Gasteiger partial charge in [-0.2, -0.15) is 0 Å². The van der Waals surface area contributed by atoms with E-state index in [-0.39, 0.29) is 16.4 Å². The molecule has 1 aliphatic heterocycles. The third kappa shape index (κ3) is 4.74. The van der Waals surface area contributed by atoms with Crippen LogP contribution in [-0.4, -0.2) is 68.1 Å². The number of nitrogens with zero attached hydrogens (tertiary/aromatic N) is 2. The molecule has 0 radical (unpaired) electrons. The van der Waals surface area contributed by atoms with Gasteiger partial charge in [0.25, 0.3) is 5.66 Å². The highest BCUT2D eigenvalue weighted by Gasteiger charge is 2.64. The van der Waals surface area contributed by atoms with Crippen LogP contribution in [0.3, 0.4) is 0 Å². The zero-order valence-electron chi connectivity index (χ0n) is 20.2. The van der Waals surface area contributed by atoms with Crippen LogP contribution in [-0.2, 0) is 28.8 Å². The first-order valence-electron chi connectivity index (χ1n) is 11.3. The first-order valence-corrected chi connectivity index (χ1v) is 11.3. The van der Waals surface area contributed by atoms with Crippen molar-refractivity contribution >= 4 is 47.0 Å². The number of hydrogen-bond acceptors (Lipinski definition) is 8. The average Bonchev–Trinajstić information content (AvgIpc) is 3.15. The minimum atomic E-state index is -3.20. The highest BCUT2D eigenvalue weighted by molar-refractivity contribution is 6.23. The van der Waals surface area contributed by atoms with Gasteiger partial charge in [-0.3, -0.25) is 34.3 Å². The maximum Gasteiger partial charge on any atom is 0.360 e. The van der Waals surface area contributed by atoms with Crippen LogP contribution in [0.5, 0.6) is 0 Å². The molecular weight excluding hydrogens is 498 g/mol. The summed E-state index contributed by atoms with van der Waals surface area (Å²) in [4.78, 5) is 78.4. The summed E-state index contributed by atoms with van der Waals surface area (Å²) in [7, 11) is 0. The van der Waals surface area contributed by atoms with Crippen molar-refractivity contribution in [3.63, 3.8) is 0 Å². The number of anilines is 1. The molecule has 3 amide bonds. The van der Waals surface area contributed by atoms with Crippen LogP contribution in [0.4, 0.5) is 5.69 Å². The lowest BCUT2D eigenvalue weighted by Gasteiger charge is -2.44. The molecule has 198 valence electrons. The van der Waals surface area contributed by atoms with Gasteiger partial charge in [0.2, 0.25) is 17.7 Å². The fourth-order valence-electron chi connectivity index (χ4n) is 4.38. The molecular formula is C25H25N5O8. The highest BCUT2D eigenvalue weighted by Crippen LogP contribution is 2.39. The van der Waals surface area contributed by atoms with Gasteiger partial charge in [-0.1, -0.05) is 42.5 Å². The molecule has 3 rings (SSSR count). The van der Waals surface area contributed by atoms with E-state index >= 15 is 0 Å². The van der Waals surface area contributed by atoms with Crippen molar-refractivity contribution in [3.8, 4) is 0 Å². The van der Waals surface area contributed by atoms with Gasteiger partial charge < -0.3 is 21.7 Å². The van der Waals surface area contributed by atoms with Crippen molar-refractivity contribution in [1.29, 1.82) is 5.41 Å². The van der Waals surface area contributed by atoms with Crippen LogP contribution >= 0.6 is 0 Å². The molecule has 2 aromatic rings. The summed E-state index contributed by atoms with van der Waals surface area (Å²) < 4.78 is 0. The van der Waals surface area contributed by atoms with Crippen LogP contribution in [0.1, 0.15) is 36.8 Å². The molecule has 3 atom stereocenters. The maximum atomic E-state index is 13.7. The summed E-state index contributed by atoms with van der Waals surface area (Å²) in [6, 6.07) is 10.8. The molecule has 1 aliphatic rings. The van der Waals surface area contributed by atoms with Gasteiger partial charge >= 0.3 is 11.9 Å². The Labute approximate surface area is 216 Å². The number of imide groups is 1. The number of nitrogen functional groups attached to an aromatic ring is 1. The minimum Gasteiger partial charge on any atom is -0.481 e. The number of Topliss-reactive ketones (excluding diaryl/α,β-unsaturated/α-hetero) is 1. The van der Waals surface area contributed by atoms with Gasteiger partial charge in [0.05, 0.1) is 18.4 Å². The molecule has 0 aliphatic carbocycles. The van der Waals surface area contributed by atoms with Crippen LogP contribution in [0.15, 0.2) is 54.6 Å². The molecule has 13 heteroatoms. The van der Waals surface area contributed by atoms with Gasteiger partial charge in [-0.25, -0.2) is 9.69 Å². The zero-order valence-corrected chi connectivity index (χ0v) is 20.2. The summed E-state index contributed by atoms with van der Waals surface area (Å²) >= 11 is 0. The Balaban J connectivity index is 2.22. The number of carboxylic acid groups (broad SMARTS) is 2. The van der Waals surface area contributed by atoms with Gasteiger partial charge in [-0.05, 0) is 24.6 Å². The van der Waals surface area contributed by atoms with Crippen molar-refractivity contribution < 1.29 is 39.0 Å². The Bertz CT molecular complexity index is 1310. The van der Waals surface area contributed by atoms with E-state index in [4.69, 9.17) is 22.0 Å². The van der Waals surface area contributed by atoms with E-state index in [2.05, 4.69) is 0 Å². The Morgan fingerprint density at radius 1 is 1.08 bits per heavy atom. The number of nitrogens with two attached hydrogens (primary N) is 2.